The van der Waals surface area contributed by atoms with Crippen molar-refractivity contribution in [1.82, 2.24) is 5.54 Å². The Labute approximate surface area is 86.5 Å². The van der Waals surface area contributed by atoms with Gasteiger partial charge < -0.3 is 4.74 Å². The summed E-state index contributed by atoms with van der Waals surface area (Å²) in [5, 5.41) is 0. The van der Waals surface area contributed by atoms with Gasteiger partial charge in [0.2, 0.25) is 0 Å². The zero-order valence-corrected chi connectivity index (χ0v) is 7.39. The van der Waals surface area contributed by atoms with Crippen molar-refractivity contribution in [2.45, 2.75) is 24.3 Å². The first-order valence-corrected chi connectivity index (χ1v) is 3.49. The lowest BCUT2D eigenvalue weighted by Crippen LogP contribution is -2.66. The van der Waals surface area contributed by atoms with Crippen LogP contribution in [0.3, 0.4) is 0 Å². The molecule has 104 valence electrons. The van der Waals surface area contributed by atoms with Crippen molar-refractivity contribution < 1.29 is 48.7 Å². The van der Waals surface area contributed by atoms with Crippen LogP contribution in [0, 0.1) is 0 Å². The molecule has 0 aromatic heterocycles. The second kappa shape index (κ2) is 4.48. The molecule has 0 radical (unpaired) electrons. The minimum Gasteiger partial charge on any atom is -0.334 e. The van der Waals surface area contributed by atoms with E-state index in [2.05, 4.69) is 4.74 Å². The van der Waals surface area contributed by atoms with E-state index in [9.17, 15) is 44.0 Å². The lowest BCUT2D eigenvalue weighted by molar-refractivity contribution is -0.414. The summed E-state index contributed by atoms with van der Waals surface area (Å²) in [6.07, 6.45) is -18.4. The Bertz CT molecular complexity index is 237. The van der Waals surface area contributed by atoms with Crippen LogP contribution >= 0.6 is 0 Å². The summed E-state index contributed by atoms with van der Waals surface area (Å²) in [5.41, 5.74) is -6.52. The molecule has 0 aliphatic heterocycles. The molecule has 0 amide bonds. The van der Waals surface area contributed by atoms with Crippen LogP contribution in [0.1, 0.15) is 0 Å². The highest BCUT2D eigenvalue weighted by molar-refractivity contribution is 4.91. The van der Waals surface area contributed by atoms with Crippen LogP contribution in [0.5, 0.6) is 0 Å². The van der Waals surface area contributed by atoms with Gasteiger partial charge in [0.25, 0.3) is 0 Å². The molecular formula is C5H3F10NO. The molecular weight excluding hydrogens is 280 g/mol. The van der Waals surface area contributed by atoms with Crippen molar-refractivity contribution in [3.63, 3.8) is 0 Å². The molecule has 0 bridgehead atoms. The van der Waals surface area contributed by atoms with Crippen LogP contribution in [-0.2, 0) is 4.74 Å². The number of halogens is 10. The molecule has 0 heterocycles. The molecule has 0 saturated carbocycles. The van der Waals surface area contributed by atoms with Crippen LogP contribution in [-0.4, -0.2) is 30.9 Å². The van der Waals surface area contributed by atoms with Crippen molar-refractivity contribution in [2.24, 2.45) is 0 Å². The Morgan fingerprint density at radius 2 is 1.12 bits per heavy atom. The van der Waals surface area contributed by atoms with Crippen molar-refractivity contribution in [2.75, 3.05) is 6.61 Å². The maximum absolute atomic E-state index is 11.9. The number of hydrogen-bond donors (Lipinski definition) is 1. The average Bonchev–Trinajstić information content (AvgIpc) is 1.97. The van der Waals surface area contributed by atoms with Crippen molar-refractivity contribution >= 4 is 0 Å². The maximum atomic E-state index is 11.9. The monoisotopic (exact) mass is 283 g/mol. The molecule has 0 aromatic carbocycles. The standard InChI is InChI=1S/C5H3F10NO/c6-2(7,8)1-17-3(16-15,4(9,10)11)5(12,13)14/h16H,1H2. The summed E-state index contributed by atoms with van der Waals surface area (Å²) in [6.45, 7) is -2.93. The van der Waals surface area contributed by atoms with Gasteiger partial charge in [0.05, 0.1) is 0 Å². The number of alkyl halides is 9. The SMILES string of the molecule is FNC(OCC(F)(F)F)(C(F)(F)F)C(F)(F)F. The second-order valence-corrected chi connectivity index (χ2v) is 2.68. The van der Waals surface area contributed by atoms with Gasteiger partial charge in [-0.2, -0.15) is 39.5 Å². The van der Waals surface area contributed by atoms with Crippen LogP contribution < -0.4 is 5.54 Å². The van der Waals surface area contributed by atoms with E-state index in [1.165, 1.54) is 0 Å². The first-order valence-electron chi connectivity index (χ1n) is 3.49. The van der Waals surface area contributed by atoms with Gasteiger partial charge >= 0.3 is 24.3 Å². The summed E-state index contributed by atoms with van der Waals surface area (Å²) < 4.78 is 120. The van der Waals surface area contributed by atoms with Gasteiger partial charge in [0.1, 0.15) is 6.61 Å². The molecule has 0 atom stereocenters. The van der Waals surface area contributed by atoms with Crippen molar-refractivity contribution in [3.05, 3.63) is 0 Å². The Morgan fingerprint density at radius 3 is 1.29 bits per heavy atom. The summed E-state index contributed by atoms with van der Waals surface area (Å²) in [4.78, 5) is 0. The Hall–Kier alpha value is -0.780. The third-order valence-corrected chi connectivity index (χ3v) is 1.38. The van der Waals surface area contributed by atoms with Crippen LogP contribution in [0.15, 0.2) is 0 Å². The summed E-state index contributed by atoms with van der Waals surface area (Å²) in [6, 6.07) is 0. The highest BCUT2D eigenvalue weighted by atomic mass is 19.4. The van der Waals surface area contributed by atoms with Gasteiger partial charge in [-0.1, -0.05) is 0 Å². The predicted molar refractivity (Wildman–Crippen MR) is 31.1 cm³/mol. The predicted octanol–water partition coefficient (Wildman–Crippen LogP) is 2.86. The van der Waals surface area contributed by atoms with Crippen LogP contribution in [0.4, 0.5) is 44.0 Å². The zero-order chi connectivity index (χ0) is 14.1. The fourth-order valence-electron chi connectivity index (χ4n) is 0.649. The zero-order valence-electron chi connectivity index (χ0n) is 7.39. The molecule has 0 aromatic rings. The molecule has 0 saturated heterocycles. The first-order chi connectivity index (χ1) is 7.27. The Morgan fingerprint density at radius 1 is 0.765 bits per heavy atom. The molecule has 17 heavy (non-hydrogen) atoms. The molecule has 0 aliphatic rings. The second-order valence-electron chi connectivity index (χ2n) is 2.68. The lowest BCUT2D eigenvalue weighted by atomic mass is 10.2. The molecule has 12 heteroatoms. The van der Waals surface area contributed by atoms with E-state index in [-0.39, 0.29) is 0 Å². The minimum atomic E-state index is -6.47. The number of rotatable bonds is 3. The van der Waals surface area contributed by atoms with Crippen molar-refractivity contribution in [1.29, 1.82) is 0 Å². The average molecular weight is 283 g/mol. The van der Waals surface area contributed by atoms with E-state index in [0.29, 0.717) is 0 Å². The van der Waals surface area contributed by atoms with E-state index < -0.39 is 36.4 Å². The number of nitrogens with one attached hydrogen (secondary N) is 1. The fourth-order valence-corrected chi connectivity index (χ4v) is 0.649. The highest BCUT2D eigenvalue weighted by Gasteiger charge is 2.74. The van der Waals surface area contributed by atoms with Gasteiger partial charge in [0, 0.05) is 0 Å². The van der Waals surface area contributed by atoms with Gasteiger partial charge in [-0.15, -0.1) is 10.0 Å². The van der Waals surface area contributed by atoms with E-state index in [4.69, 9.17) is 0 Å². The van der Waals surface area contributed by atoms with E-state index in [1.54, 1.807) is 0 Å². The Balaban J connectivity index is 5.25. The van der Waals surface area contributed by atoms with Crippen LogP contribution in [0.2, 0.25) is 0 Å². The molecule has 0 unspecified atom stereocenters. The molecule has 0 aliphatic carbocycles. The summed E-state index contributed by atoms with van der Waals surface area (Å²) in [5.74, 6) is 0. The third kappa shape index (κ3) is 3.59. The van der Waals surface area contributed by atoms with Gasteiger partial charge in [-0.25, -0.2) is 0 Å². The summed E-state index contributed by atoms with van der Waals surface area (Å²) in [7, 11) is 0. The molecule has 1 N–H and O–H groups in total. The van der Waals surface area contributed by atoms with Gasteiger partial charge in [-0.05, 0) is 0 Å². The number of ether oxygens (including phenoxy) is 1. The third-order valence-electron chi connectivity index (χ3n) is 1.38. The van der Waals surface area contributed by atoms with E-state index >= 15 is 0 Å². The largest absolute Gasteiger partial charge is 0.443 e. The topological polar surface area (TPSA) is 21.3 Å². The molecule has 0 spiro atoms. The highest BCUT2D eigenvalue weighted by Crippen LogP contribution is 2.44. The van der Waals surface area contributed by atoms with E-state index in [0.717, 1.165) is 0 Å². The number of hydrogen-bond acceptors (Lipinski definition) is 2. The minimum absolute atomic E-state index is 0.804. The van der Waals surface area contributed by atoms with Gasteiger partial charge in [0.15, 0.2) is 0 Å². The maximum Gasteiger partial charge on any atom is 0.443 e. The first kappa shape index (κ1) is 16.2. The molecule has 0 fully saturated rings. The lowest BCUT2D eigenvalue weighted by Gasteiger charge is -2.34. The van der Waals surface area contributed by atoms with Crippen LogP contribution in [0.25, 0.3) is 0 Å². The Kier molecular flexibility index (Phi) is 4.27. The quantitative estimate of drug-likeness (QED) is 0.488. The van der Waals surface area contributed by atoms with Crippen molar-refractivity contribution in [3.8, 4) is 0 Å². The smallest absolute Gasteiger partial charge is 0.334 e. The van der Waals surface area contributed by atoms with Gasteiger partial charge in [-0.3, -0.25) is 0 Å². The molecule has 2 nitrogen and oxygen atoms in total. The fraction of sp³-hybridized carbons (Fsp3) is 1.00. The molecule has 0 rings (SSSR count). The van der Waals surface area contributed by atoms with E-state index in [1.807, 2.05) is 0 Å². The summed E-state index contributed by atoms with van der Waals surface area (Å²) >= 11 is 0. The normalized spacial score (nSPS) is 15.2.